The minimum atomic E-state index is -3.81. The number of hydrogen-bond acceptors (Lipinski definition) is 7. The Kier molecular flexibility index (Phi) is 5.03. The van der Waals surface area contributed by atoms with Gasteiger partial charge in [0.2, 0.25) is 16.0 Å². The first-order valence-electron chi connectivity index (χ1n) is 7.72. The number of nitrogens with two attached hydrogens (primary N) is 1. The van der Waals surface area contributed by atoms with Gasteiger partial charge in [-0.1, -0.05) is 6.07 Å². The molecular formula is C18H15N5O3S. The Bertz CT molecular complexity index is 1140. The smallest absolute Gasteiger partial charge is 0.238 e. The van der Waals surface area contributed by atoms with E-state index in [1.807, 2.05) is 0 Å². The number of nitrogens with one attached hydrogen (secondary N) is 1. The van der Waals surface area contributed by atoms with Crippen molar-refractivity contribution in [3.63, 3.8) is 0 Å². The van der Waals surface area contributed by atoms with Crippen molar-refractivity contribution in [1.29, 1.82) is 5.26 Å². The number of ether oxygens (including phenoxy) is 1. The van der Waals surface area contributed by atoms with Gasteiger partial charge in [-0.05, 0) is 42.5 Å². The topological polar surface area (TPSA) is 131 Å². The Morgan fingerprint density at radius 2 is 2.00 bits per heavy atom. The van der Waals surface area contributed by atoms with Crippen LogP contribution >= 0.6 is 0 Å². The molecule has 9 heteroatoms. The highest BCUT2D eigenvalue weighted by atomic mass is 32.2. The molecule has 1 aromatic heterocycles. The zero-order chi connectivity index (χ0) is 19.4. The average molecular weight is 381 g/mol. The lowest BCUT2D eigenvalue weighted by Gasteiger charge is -2.09. The Morgan fingerprint density at radius 1 is 1.19 bits per heavy atom. The fourth-order valence-electron chi connectivity index (χ4n) is 2.41. The predicted molar refractivity (Wildman–Crippen MR) is 99.8 cm³/mol. The number of methoxy groups -OCH3 is 1. The van der Waals surface area contributed by atoms with E-state index in [0.29, 0.717) is 22.7 Å². The van der Waals surface area contributed by atoms with Gasteiger partial charge in [0.25, 0.3) is 0 Å². The molecule has 0 aliphatic heterocycles. The quantitative estimate of drug-likeness (QED) is 0.694. The van der Waals surface area contributed by atoms with Gasteiger partial charge in [-0.15, -0.1) is 0 Å². The summed E-state index contributed by atoms with van der Waals surface area (Å²) in [5.41, 5.74) is 2.18. The summed E-state index contributed by atoms with van der Waals surface area (Å²) < 4.78 is 28.1. The summed E-state index contributed by atoms with van der Waals surface area (Å²) >= 11 is 0. The largest absolute Gasteiger partial charge is 0.495 e. The maximum atomic E-state index is 11.5. The third-order valence-corrected chi connectivity index (χ3v) is 4.60. The molecule has 2 aromatic carbocycles. The maximum absolute atomic E-state index is 11.5. The van der Waals surface area contributed by atoms with Crippen molar-refractivity contribution in [3.8, 4) is 23.1 Å². The molecule has 0 unspecified atom stereocenters. The van der Waals surface area contributed by atoms with E-state index in [-0.39, 0.29) is 10.8 Å². The van der Waals surface area contributed by atoms with E-state index in [0.717, 1.165) is 5.56 Å². The van der Waals surface area contributed by atoms with E-state index in [1.165, 1.54) is 19.2 Å². The molecule has 0 atom stereocenters. The highest BCUT2D eigenvalue weighted by Gasteiger charge is 2.10. The number of benzene rings is 2. The van der Waals surface area contributed by atoms with E-state index in [2.05, 4.69) is 21.4 Å². The van der Waals surface area contributed by atoms with Gasteiger partial charge in [0.05, 0.1) is 23.3 Å². The zero-order valence-corrected chi connectivity index (χ0v) is 15.1. The first kappa shape index (κ1) is 18.3. The number of hydrogen-bond donors (Lipinski definition) is 2. The highest BCUT2D eigenvalue weighted by Crippen LogP contribution is 2.26. The van der Waals surface area contributed by atoms with E-state index >= 15 is 0 Å². The lowest BCUT2D eigenvalue weighted by Crippen LogP contribution is -2.12. The number of rotatable bonds is 5. The van der Waals surface area contributed by atoms with Crippen molar-refractivity contribution in [3.05, 3.63) is 60.3 Å². The van der Waals surface area contributed by atoms with Crippen LogP contribution in [0.1, 0.15) is 5.56 Å². The molecule has 0 bridgehead atoms. The second kappa shape index (κ2) is 7.41. The number of anilines is 2. The lowest BCUT2D eigenvalue weighted by molar-refractivity contribution is 0.413. The van der Waals surface area contributed by atoms with Crippen LogP contribution in [0.25, 0.3) is 11.3 Å². The molecule has 0 radical (unpaired) electrons. The third kappa shape index (κ3) is 4.20. The first-order chi connectivity index (χ1) is 12.9. The van der Waals surface area contributed by atoms with Crippen LogP contribution in [0.2, 0.25) is 0 Å². The van der Waals surface area contributed by atoms with E-state index in [1.54, 1.807) is 42.6 Å². The van der Waals surface area contributed by atoms with Crippen molar-refractivity contribution < 1.29 is 13.2 Å². The van der Waals surface area contributed by atoms with Crippen molar-refractivity contribution >= 4 is 21.7 Å². The molecule has 0 aliphatic carbocycles. The molecule has 0 fully saturated rings. The molecule has 0 spiro atoms. The van der Waals surface area contributed by atoms with Gasteiger partial charge >= 0.3 is 0 Å². The van der Waals surface area contributed by atoms with Crippen LogP contribution in [0.15, 0.2) is 59.6 Å². The Morgan fingerprint density at radius 3 is 2.70 bits per heavy atom. The molecule has 0 saturated carbocycles. The molecular weight excluding hydrogens is 366 g/mol. The predicted octanol–water partition coefficient (Wildman–Crippen LogP) is 2.41. The summed E-state index contributed by atoms with van der Waals surface area (Å²) in [4.78, 5) is 8.53. The molecule has 3 N–H and O–H groups in total. The number of primary sulfonamides is 1. The number of sulfonamides is 1. The highest BCUT2D eigenvalue weighted by molar-refractivity contribution is 7.89. The second-order valence-electron chi connectivity index (χ2n) is 5.49. The van der Waals surface area contributed by atoms with Crippen LogP contribution in [0, 0.1) is 11.3 Å². The monoisotopic (exact) mass is 381 g/mol. The molecule has 1 heterocycles. The molecule has 136 valence electrons. The van der Waals surface area contributed by atoms with E-state index in [4.69, 9.17) is 9.88 Å². The number of nitriles is 1. The normalized spacial score (nSPS) is 10.9. The third-order valence-electron chi connectivity index (χ3n) is 3.69. The number of nitrogens with zero attached hydrogens (tertiary/aromatic N) is 3. The van der Waals surface area contributed by atoms with Crippen molar-refractivity contribution in [2.24, 2.45) is 5.14 Å². The van der Waals surface area contributed by atoms with Crippen LogP contribution in [0.3, 0.4) is 0 Å². The van der Waals surface area contributed by atoms with Crippen molar-refractivity contribution in [1.82, 2.24) is 9.97 Å². The van der Waals surface area contributed by atoms with Crippen LogP contribution < -0.4 is 15.2 Å². The van der Waals surface area contributed by atoms with Gasteiger partial charge in [-0.25, -0.2) is 23.5 Å². The first-order valence-corrected chi connectivity index (χ1v) is 9.27. The van der Waals surface area contributed by atoms with Crippen molar-refractivity contribution in [2.45, 2.75) is 4.90 Å². The summed E-state index contributed by atoms with van der Waals surface area (Å²) in [7, 11) is -2.31. The molecule has 3 rings (SSSR count). The van der Waals surface area contributed by atoms with Crippen LogP contribution in [-0.2, 0) is 10.0 Å². The molecule has 3 aromatic rings. The number of aromatic nitrogens is 2. The maximum Gasteiger partial charge on any atom is 0.238 e. The van der Waals surface area contributed by atoms with Crippen LogP contribution in [-0.4, -0.2) is 25.5 Å². The Labute approximate surface area is 156 Å². The zero-order valence-electron chi connectivity index (χ0n) is 14.2. The Balaban J connectivity index is 1.92. The standard InChI is InChI=1S/C18H15N5O3S/c1-26-17-6-5-12(9-13(17)11-19)16-7-8-21-18(23-16)22-14-3-2-4-15(10-14)27(20,24)25/h2-10H,1H3,(H2,20,24,25)(H,21,22,23). The minimum absolute atomic E-state index is 0.0162. The fourth-order valence-corrected chi connectivity index (χ4v) is 2.97. The van der Waals surface area contributed by atoms with Gasteiger partial charge in [-0.3, -0.25) is 0 Å². The molecule has 8 nitrogen and oxygen atoms in total. The lowest BCUT2D eigenvalue weighted by atomic mass is 10.1. The summed E-state index contributed by atoms with van der Waals surface area (Å²) in [6, 6.07) is 15.0. The summed E-state index contributed by atoms with van der Waals surface area (Å²) in [5, 5.41) is 17.3. The summed E-state index contributed by atoms with van der Waals surface area (Å²) in [6.07, 6.45) is 1.56. The average Bonchev–Trinajstić information content (AvgIpc) is 2.67. The summed E-state index contributed by atoms with van der Waals surface area (Å²) in [5.74, 6) is 0.752. The van der Waals surface area contributed by atoms with Gasteiger partial charge < -0.3 is 10.1 Å². The van der Waals surface area contributed by atoms with E-state index in [9.17, 15) is 13.7 Å². The van der Waals surface area contributed by atoms with Gasteiger partial charge in [0.15, 0.2) is 0 Å². The fraction of sp³-hybridized carbons (Fsp3) is 0.0556. The molecule has 0 aliphatic rings. The van der Waals surface area contributed by atoms with Gasteiger partial charge in [0, 0.05) is 17.4 Å². The van der Waals surface area contributed by atoms with Crippen LogP contribution in [0.5, 0.6) is 5.75 Å². The van der Waals surface area contributed by atoms with Crippen LogP contribution in [0.4, 0.5) is 11.6 Å². The minimum Gasteiger partial charge on any atom is -0.495 e. The Hall–Kier alpha value is -3.48. The SMILES string of the molecule is COc1ccc(-c2ccnc(Nc3cccc(S(N)(=O)=O)c3)n2)cc1C#N. The summed E-state index contributed by atoms with van der Waals surface area (Å²) in [6.45, 7) is 0. The molecule has 0 amide bonds. The molecule has 0 saturated heterocycles. The van der Waals surface area contributed by atoms with Crippen molar-refractivity contribution in [2.75, 3.05) is 12.4 Å². The van der Waals surface area contributed by atoms with Gasteiger partial charge in [-0.2, -0.15) is 5.26 Å². The van der Waals surface area contributed by atoms with Gasteiger partial charge in [0.1, 0.15) is 11.8 Å². The second-order valence-corrected chi connectivity index (χ2v) is 7.05. The molecule has 27 heavy (non-hydrogen) atoms. The van der Waals surface area contributed by atoms with E-state index < -0.39 is 10.0 Å².